The van der Waals surface area contributed by atoms with Crippen molar-refractivity contribution in [3.8, 4) is 0 Å². The van der Waals surface area contributed by atoms with Crippen LogP contribution >= 0.6 is 11.6 Å². The van der Waals surface area contributed by atoms with Crippen molar-refractivity contribution in [2.45, 2.75) is 6.54 Å². The molecule has 0 aliphatic rings. The Bertz CT molecular complexity index is 299. The van der Waals surface area contributed by atoms with Crippen LogP contribution in [0.3, 0.4) is 0 Å². The third-order valence-corrected chi connectivity index (χ3v) is 1.89. The van der Waals surface area contributed by atoms with Crippen LogP contribution in [0.4, 0.5) is 4.39 Å². The zero-order chi connectivity index (χ0) is 9.68. The molecule has 0 bridgehead atoms. The van der Waals surface area contributed by atoms with Crippen molar-refractivity contribution in [3.05, 3.63) is 47.3 Å². The fraction of sp³-hybridized carbons (Fsp3) is 0.200. The molecule has 1 N–H and O–H groups in total. The second-order valence-electron chi connectivity index (χ2n) is 2.67. The second kappa shape index (κ2) is 5.00. The number of hydrogen-bond donors (Lipinski definition) is 1. The summed E-state index contributed by atoms with van der Waals surface area (Å²) in [6.07, 6.45) is 1.77. The summed E-state index contributed by atoms with van der Waals surface area (Å²) in [6.45, 7) is 4.98. The molecule has 0 heterocycles. The summed E-state index contributed by atoms with van der Waals surface area (Å²) in [5, 5.41) is 3.26. The lowest BCUT2D eigenvalue weighted by Gasteiger charge is -2.02. The van der Waals surface area contributed by atoms with Crippen LogP contribution in [0.2, 0.25) is 5.02 Å². The quantitative estimate of drug-likeness (QED) is 0.581. The zero-order valence-corrected chi connectivity index (χ0v) is 7.94. The molecule has 0 aliphatic heterocycles. The van der Waals surface area contributed by atoms with E-state index in [2.05, 4.69) is 11.9 Å². The summed E-state index contributed by atoms with van der Waals surface area (Å²) in [4.78, 5) is 0. The summed E-state index contributed by atoms with van der Waals surface area (Å²) in [7, 11) is 0. The van der Waals surface area contributed by atoms with Gasteiger partial charge in [0.05, 0.1) is 5.02 Å². The first kappa shape index (κ1) is 10.2. The molecule has 0 saturated carbocycles. The third kappa shape index (κ3) is 3.17. The van der Waals surface area contributed by atoms with E-state index in [4.69, 9.17) is 11.6 Å². The molecule has 3 heteroatoms. The van der Waals surface area contributed by atoms with Gasteiger partial charge in [-0.3, -0.25) is 0 Å². The van der Waals surface area contributed by atoms with E-state index in [0.717, 1.165) is 12.1 Å². The van der Waals surface area contributed by atoms with Gasteiger partial charge in [0, 0.05) is 13.1 Å². The van der Waals surface area contributed by atoms with Gasteiger partial charge in [0.25, 0.3) is 0 Å². The van der Waals surface area contributed by atoms with Crippen LogP contribution in [0.15, 0.2) is 30.9 Å². The van der Waals surface area contributed by atoms with Gasteiger partial charge in [-0.25, -0.2) is 4.39 Å². The summed E-state index contributed by atoms with van der Waals surface area (Å²) in [5.74, 6) is -0.380. The van der Waals surface area contributed by atoms with E-state index in [0.29, 0.717) is 6.54 Å². The van der Waals surface area contributed by atoms with Crippen molar-refractivity contribution < 1.29 is 4.39 Å². The van der Waals surface area contributed by atoms with Gasteiger partial charge in [-0.15, -0.1) is 6.58 Å². The van der Waals surface area contributed by atoms with Gasteiger partial charge in [-0.2, -0.15) is 0 Å². The molecule has 0 fully saturated rings. The second-order valence-corrected chi connectivity index (χ2v) is 3.08. The lowest BCUT2D eigenvalue weighted by molar-refractivity contribution is 0.626. The maximum absolute atomic E-state index is 12.7. The molecule has 0 saturated heterocycles. The molecular weight excluding hydrogens is 189 g/mol. The molecular formula is C10H11ClFN. The van der Waals surface area contributed by atoms with E-state index in [1.165, 1.54) is 6.07 Å². The Kier molecular flexibility index (Phi) is 3.93. The van der Waals surface area contributed by atoms with Crippen molar-refractivity contribution in [2.24, 2.45) is 0 Å². The van der Waals surface area contributed by atoms with Gasteiger partial charge in [-0.1, -0.05) is 23.7 Å². The third-order valence-electron chi connectivity index (χ3n) is 1.60. The van der Waals surface area contributed by atoms with Crippen molar-refractivity contribution in [3.63, 3.8) is 0 Å². The molecule has 0 spiro atoms. The molecule has 0 radical (unpaired) electrons. The van der Waals surface area contributed by atoms with Crippen LogP contribution in [0.25, 0.3) is 0 Å². The lowest BCUT2D eigenvalue weighted by Crippen LogP contribution is -2.12. The van der Waals surface area contributed by atoms with Crippen LogP contribution in [-0.4, -0.2) is 6.54 Å². The highest BCUT2D eigenvalue weighted by molar-refractivity contribution is 6.30. The predicted molar refractivity (Wildman–Crippen MR) is 53.3 cm³/mol. The summed E-state index contributed by atoms with van der Waals surface area (Å²) in [5.41, 5.74) is 0.966. The zero-order valence-electron chi connectivity index (χ0n) is 7.19. The predicted octanol–water partition coefficient (Wildman–Crippen LogP) is 2.75. The van der Waals surface area contributed by atoms with Crippen LogP contribution < -0.4 is 5.32 Å². The highest BCUT2D eigenvalue weighted by Crippen LogP contribution is 2.15. The van der Waals surface area contributed by atoms with E-state index in [1.807, 2.05) is 0 Å². The Morgan fingerprint density at radius 1 is 1.54 bits per heavy atom. The van der Waals surface area contributed by atoms with Gasteiger partial charge >= 0.3 is 0 Å². The number of rotatable bonds is 4. The van der Waals surface area contributed by atoms with E-state index in [1.54, 1.807) is 18.2 Å². The Hall–Kier alpha value is -0.860. The minimum absolute atomic E-state index is 0.165. The highest BCUT2D eigenvalue weighted by atomic mass is 35.5. The fourth-order valence-electron chi connectivity index (χ4n) is 0.968. The summed E-state index contributed by atoms with van der Waals surface area (Å²) < 4.78 is 12.7. The number of nitrogens with one attached hydrogen (secondary N) is 1. The molecule has 1 aromatic carbocycles. The summed E-state index contributed by atoms with van der Waals surface area (Å²) in [6, 6.07) is 4.69. The molecule has 1 rings (SSSR count). The Morgan fingerprint density at radius 3 is 2.92 bits per heavy atom. The number of halogens is 2. The molecule has 0 aromatic heterocycles. The molecule has 1 nitrogen and oxygen atoms in total. The van der Waals surface area contributed by atoms with Crippen LogP contribution in [-0.2, 0) is 6.54 Å². The van der Waals surface area contributed by atoms with Gasteiger partial charge in [0.15, 0.2) is 0 Å². The van der Waals surface area contributed by atoms with Gasteiger partial charge in [-0.05, 0) is 17.7 Å². The molecule has 0 atom stereocenters. The van der Waals surface area contributed by atoms with Crippen molar-refractivity contribution in [2.75, 3.05) is 6.54 Å². The number of hydrogen-bond acceptors (Lipinski definition) is 1. The Morgan fingerprint density at radius 2 is 2.31 bits per heavy atom. The van der Waals surface area contributed by atoms with Gasteiger partial charge < -0.3 is 5.32 Å². The molecule has 0 unspecified atom stereocenters. The van der Waals surface area contributed by atoms with Gasteiger partial charge in [0.1, 0.15) is 5.82 Å². The lowest BCUT2D eigenvalue weighted by atomic mass is 10.2. The van der Waals surface area contributed by atoms with Gasteiger partial charge in [0.2, 0.25) is 0 Å². The molecule has 70 valence electrons. The Balaban J connectivity index is 2.57. The summed E-state index contributed by atoms with van der Waals surface area (Å²) >= 11 is 5.60. The average Bonchev–Trinajstić information content (AvgIpc) is 2.12. The minimum Gasteiger partial charge on any atom is -0.309 e. The standard InChI is InChI=1S/C10H11ClFN/c1-2-5-13-7-8-3-4-10(12)9(11)6-8/h2-4,6,13H,1,5,7H2. The van der Waals surface area contributed by atoms with Crippen LogP contribution in [0.5, 0.6) is 0 Å². The first-order chi connectivity index (χ1) is 6.24. The average molecular weight is 200 g/mol. The first-order valence-electron chi connectivity index (χ1n) is 3.99. The van der Waals surface area contributed by atoms with E-state index >= 15 is 0 Å². The van der Waals surface area contributed by atoms with Crippen LogP contribution in [0.1, 0.15) is 5.56 Å². The maximum atomic E-state index is 12.7. The largest absolute Gasteiger partial charge is 0.309 e. The van der Waals surface area contributed by atoms with Crippen LogP contribution in [0, 0.1) is 5.82 Å². The molecule has 1 aromatic rings. The first-order valence-corrected chi connectivity index (χ1v) is 4.37. The normalized spacial score (nSPS) is 10.0. The van der Waals surface area contributed by atoms with Crippen molar-refractivity contribution in [1.82, 2.24) is 5.32 Å². The SMILES string of the molecule is C=CCNCc1ccc(F)c(Cl)c1. The van der Waals surface area contributed by atoms with E-state index in [-0.39, 0.29) is 10.8 Å². The molecule has 13 heavy (non-hydrogen) atoms. The fourth-order valence-corrected chi connectivity index (χ4v) is 1.17. The molecule has 0 aliphatic carbocycles. The number of benzene rings is 1. The topological polar surface area (TPSA) is 12.0 Å². The van der Waals surface area contributed by atoms with Crippen molar-refractivity contribution in [1.29, 1.82) is 0 Å². The highest BCUT2D eigenvalue weighted by Gasteiger charge is 1.99. The maximum Gasteiger partial charge on any atom is 0.141 e. The smallest absolute Gasteiger partial charge is 0.141 e. The minimum atomic E-state index is -0.380. The van der Waals surface area contributed by atoms with E-state index < -0.39 is 0 Å². The Labute approximate surface area is 82.2 Å². The van der Waals surface area contributed by atoms with Crippen molar-refractivity contribution >= 4 is 11.6 Å². The van der Waals surface area contributed by atoms with E-state index in [9.17, 15) is 4.39 Å². The molecule has 0 amide bonds. The monoisotopic (exact) mass is 199 g/mol.